The Bertz CT molecular complexity index is 357. The Kier molecular flexibility index (Phi) is 2.09. The van der Waals surface area contributed by atoms with Crippen LogP contribution in [-0.2, 0) is 0 Å². The number of halogens is 1. The Hall–Kier alpha value is -1.16. The molecule has 1 N–H and O–H groups in total. The van der Waals surface area contributed by atoms with Crippen LogP contribution in [0, 0.1) is 11.7 Å². The van der Waals surface area contributed by atoms with Crippen molar-refractivity contribution in [3.05, 3.63) is 24.3 Å². The van der Waals surface area contributed by atoms with Gasteiger partial charge < -0.3 is 10.2 Å². The largest absolute Gasteiger partial charge is 0.368 e. The van der Waals surface area contributed by atoms with Crippen LogP contribution in [0.15, 0.2) is 18.5 Å². The Balaban J connectivity index is 1.83. The molecule has 2 unspecified atom stereocenters. The van der Waals surface area contributed by atoms with Crippen LogP contribution in [0.2, 0.25) is 0 Å². The molecular weight excluding hydrogens is 193 g/mol. The highest BCUT2D eigenvalue weighted by Gasteiger charge is 2.32. The highest BCUT2D eigenvalue weighted by Crippen LogP contribution is 2.26. The number of piperidine rings is 1. The second kappa shape index (κ2) is 3.45. The fraction of sp³-hybridized carbons (Fsp3) is 0.545. The number of nitrogens with one attached hydrogen (secondary N) is 1. The topological polar surface area (TPSA) is 28.2 Å². The zero-order valence-corrected chi connectivity index (χ0v) is 8.49. The van der Waals surface area contributed by atoms with Gasteiger partial charge in [0.25, 0.3) is 0 Å². The number of aromatic nitrogens is 1. The molecule has 2 bridgehead atoms. The summed E-state index contributed by atoms with van der Waals surface area (Å²) in [7, 11) is 0. The molecule has 3 heterocycles. The van der Waals surface area contributed by atoms with E-state index < -0.39 is 0 Å². The Morgan fingerprint density at radius 1 is 1.40 bits per heavy atom. The SMILES string of the molecule is Fc1cncc(N2CC3CNC(C3)C2)c1. The maximum Gasteiger partial charge on any atom is 0.143 e. The standard InChI is InChI=1S/C11H14FN3/c12-9-2-11(5-13-4-9)15-6-8-1-10(7-15)14-3-8/h2,4-5,8,10,14H,1,3,6-7H2. The quantitative estimate of drug-likeness (QED) is 0.745. The van der Waals surface area contributed by atoms with Crippen LogP contribution in [0.5, 0.6) is 0 Å². The van der Waals surface area contributed by atoms with Gasteiger partial charge in [-0.2, -0.15) is 0 Å². The van der Waals surface area contributed by atoms with E-state index >= 15 is 0 Å². The molecule has 0 spiro atoms. The molecule has 3 nitrogen and oxygen atoms in total. The second-order valence-electron chi connectivity index (χ2n) is 4.47. The van der Waals surface area contributed by atoms with Gasteiger partial charge in [0.2, 0.25) is 0 Å². The zero-order valence-electron chi connectivity index (χ0n) is 8.49. The lowest BCUT2D eigenvalue weighted by Crippen LogP contribution is -2.41. The first-order valence-electron chi connectivity index (χ1n) is 5.40. The molecule has 80 valence electrons. The monoisotopic (exact) mass is 207 g/mol. The van der Waals surface area contributed by atoms with Crippen molar-refractivity contribution < 1.29 is 4.39 Å². The van der Waals surface area contributed by atoms with Gasteiger partial charge in [-0.15, -0.1) is 0 Å². The van der Waals surface area contributed by atoms with Crippen molar-refractivity contribution >= 4 is 5.69 Å². The first-order valence-corrected chi connectivity index (χ1v) is 5.40. The smallest absolute Gasteiger partial charge is 0.143 e. The van der Waals surface area contributed by atoms with Crippen LogP contribution in [0.25, 0.3) is 0 Å². The molecule has 2 saturated heterocycles. The second-order valence-corrected chi connectivity index (χ2v) is 4.47. The maximum atomic E-state index is 13.0. The van der Waals surface area contributed by atoms with Gasteiger partial charge in [-0.05, 0) is 12.3 Å². The number of rotatable bonds is 1. The maximum absolute atomic E-state index is 13.0. The molecule has 15 heavy (non-hydrogen) atoms. The summed E-state index contributed by atoms with van der Waals surface area (Å²) in [6.07, 6.45) is 4.26. The van der Waals surface area contributed by atoms with Crippen molar-refractivity contribution in [1.29, 1.82) is 0 Å². The lowest BCUT2D eigenvalue weighted by molar-refractivity contribution is 0.473. The van der Waals surface area contributed by atoms with Gasteiger partial charge in [-0.1, -0.05) is 0 Å². The number of anilines is 1. The van der Waals surface area contributed by atoms with Crippen LogP contribution < -0.4 is 10.2 Å². The van der Waals surface area contributed by atoms with Gasteiger partial charge in [0.1, 0.15) is 5.82 Å². The summed E-state index contributed by atoms with van der Waals surface area (Å²) in [4.78, 5) is 6.12. The fourth-order valence-corrected chi connectivity index (χ4v) is 2.62. The van der Waals surface area contributed by atoms with Crippen LogP contribution in [0.3, 0.4) is 0 Å². The molecule has 0 saturated carbocycles. The van der Waals surface area contributed by atoms with Crippen LogP contribution in [0.1, 0.15) is 6.42 Å². The average Bonchev–Trinajstić information content (AvgIpc) is 2.58. The lowest BCUT2D eigenvalue weighted by atomic mass is 10.00. The number of hydrogen-bond donors (Lipinski definition) is 1. The van der Waals surface area contributed by atoms with Crippen molar-refractivity contribution in [1.82, 2.24) is 10.3 Å². The van der Waals surface area contributed by atoms with Gasteiger partial charge in [0, 0.05) is 31.7 Å². The summed E-state index contributed by atoms with van der Waals surface area (Å²) in [6, 6.07) is 2.14. The molecule has 2 aliphatic rings. The molecule has 0 aromatic carbocycles. The van der Waals surface area contributed by atoms with Gasteiger partial charge in [0.15, 0.2) is 0 Å². The first-order chi connectivity index (χ1) is 7.31. The minimum atomic E-state index is -0.252. The van der Waals surface area contributed by atoms with Crippen molar-refractivity contribution in [2.45, 2.75) is 12.5 Å². The molecule has 2 fully saturated rings. The van der Waals surface area contributed by atoms with Gasteiger partial charge in [-0.3, -0.25) is 4.98 Å². The minimum Gasteiger partial charge on any atom is -0.368 e. The summed E-state index contributed by atoms with van der Waals surface area (Å²) in [6.45, 7) is 3.10. The molecule has 1 aromatic rings. The normalized spacial score (nSPS) is 29.5. The molecule has 0 aliphatic carbocycles. The molecule has 2 aliphatic heterocycles. The summed E-state index contributed by atoms with van der Waals surface area (Å²) in [5.41, 5.74) is 0.911. The summed E-state index contributed by atoms with van der Waals surface area (Å²) in [5.74, 6) is 0.463. The van der Waals surface area contributed by atoms with E-state index in [4.69, 9.17) is 0 Å². The molecular formula is C11H14FN3. The van der Waals surface area contributed by atoms with E-state index in [1.54, 1.807) is 12.3 Å². The van der Waals surface area contributed by atoms with Crippen LogP contribution in [0.4, 0.5) is 10.1 Å². The molecule has 1 aromatic heterocycles. The van der Waals surface area contributed by atoms with E-state index in [0.29, 0.717) is 12.0 Å². The van der Waals surface area contributed by atoms with Gasteiger partial charge in [-0.25, -0.2) is 4.39 Å². The number of fused-ring (bicyclic) bond motifs is 2. The Morgan fingerprint density at radius 3 is 3.13 bits per heavy atom. The van der Waals surface area contributed by atoms with Crippen molar-refractivity contribution in [3.8, 4) is 0 Å². The number of hydrogen-bond acceptors (Lipinski definition) is 3. The predicted molar refractivity (Wildman–Crippen MR) is 56.3 cm³/mol. The van der Waals surface area contributed by atoms with Gasteiger partial charge in [0.05, 0.1) is 18.1 Å². The lowest BCUT2D eigenvalue weighted by Gasteiger charge is -2.32. The third-order valence-electron chi connectivity index (χ3n) is 3.29. The molecule has 4 heteroatoms. The predicted octanol–water partition coefficient (Wildman–Crippen LogP) is 1.02. The summed E-state index contributed by atoms with van der Waals surface area (Å²) in [5, 5.41) is 3.48. The highest BCUT2D eigenvalue weighted by molar-refractivity contribution is 5.45. The van der Waals surface area contributed by atoms with Crippen molar-refractivity contribution in [3.63, 3.8) is 0 Å². The number of nitrogens with zero attached hydrogens (tertiary/aromatic N) is 2. The van der Waals surface area contributed by atoms with E-state index in [1.165, 1.54) is 12.6 Å². The molecule has 3 rings (SSSR count). The van der Waals surface area contributed by atoms with E-state index in [0.717, 1.165) is 25.3 Å². The van der Waals surface area contributed by atoms with Crippen molar-refractivity contribution in [2.24, 2.45) is 5.92 Å². The fourth-order valence-electron chi connectivity index (χ4n) is 2.62. The summed E-state index contributed by atoms with van der Waals surface area (Å²) < 4.78 is 13.0. The van der Waals surface area contributed by atoms with Crippen LogP contribution >= 0.6 is 0 Å². The van der Waals surface area contributed by atoms with E-state index in [1.807, 2.05) is 0 Å². The zero-order chi connectivity index (χ0) is 10.3. The van der Waals surface area contributed by atoms with E-state index in [9.17, 15) is 4.39 Å². The third-order valence-corrected chi connectivity index (χ3v) is 3.29. The summed E-state index contributed by atoms with van der Waals surface area (Å²) >= 11 is 0. The molecule has 0 radical (unpaired) electrons. The van der Waals surface area contributed by atoms with E-state index in [2.05, 4.69) is 15.2 Å². The highest BCUT2D eigenvalue weighted by atomic mass is 19.1. The third kappa shape index (κ3) is 1.69. The number of pyridine rings is 1. The first kappa shape index (κ1) is 9.09. The van der Waals surface area contributed by atoms with Crippen LogP contribution in [-0.4, -0.2) is 30.7 Å². The van der Waals surface area contributed by atoms with E-state index in [-0.39, 0.29) is 5.82 Å². The van der Waals surface area contributed by atoms with Gasteiger partial charge >= 0.3 is 0 Å². The average molecular weight is 207 g/mol. The molecule has 0 amide bonds. The van der Waals surface area contributed by atoms with Crippen molar-refractivity contribution in [2.75, 3.05) is 24.5 Å². The molecule has 2 atom stereocenters. The minimum absolute atomic E-state index is 0.252. The Labute approximate surface area is 88.3 Å². The Morgan fingerprint density at radius 2 is 2.33 bits per heavy atom.